The standard InChI is InChI=1S/C26H28FN5OS/c1-17-24(34-21-11-20-15-29-30-25(20)22(27)12-21)13-23(31(17)2)26(33)28-14-18-6-5-7-19(10-18)16-32-8-3-4-9-32/h5-7,10-13,15H,3-4,8-9,14,16H2,1-2H3,(H,28,33)(H,29,30). The number of hydrogen-bond acceptors (Lipinski definition) is 4. The van der Waals surface area contributed by atoms with E-state index in [4.69, 9.17) is 0 Å². The summed E-state index contributed by atoms with van der Waals surface area (Å²) in [5, 5.41) is 10.4. The fourth-order valence-corrected chi connectivity index (χ4v) is 5.53. The topological polar surface area (TPSA) is 66.0 Å². The normalized spacial score (nSPS) is 14.2. The lowest BCUT2D eigenvalue weighted by Crippen LogP contribution is -2.25. The van der Waals surface area contributed by atoms with Crippen LogP contribution < -0.4 is 5.32 Å². The monoisotopic (exact) mass is 477 g/mol. The first-order valence-electron chi connectivity index (χ1n) is 11.5. The van der Waals surface area contributed by atoms with Crippen LogP contribution in [-0.2, 0) is 20.1 Å². The maximum absolute atomic E-state index is 14.3. The molecule has 0 spiro atoms. The molecule has 2 N–H and O–H groups in total. The molecule has 0 saturated carbocycles. The van der Waals surface area contributed by atoms with Gasteiger partial charge in [-0.05, 0) is 62.2 Å². The minimum absolute atomic E-state index is 0.126. The second kappa shape index (κ2) is 9.64. The predicted octanol–water partition coefficient (Wildman–Crippen LogP) is 5.03. The van der Waals surface area contributed by atoms with Gasteiger partial charge in [0, 0.05) is 41.0 Å². The lowest BCUT2D eigenvalue weighted by Gasteiger charge is -2.15. The van der Waals surface area contributed by atoms with E-state index in [2.05, 4.69) is 38.6 Å². The highest BCUT2D eigenvalue weighted by atomic mass is 32.2. The minimum atomic E-state index is -0.337. The maximum atomic E-state index is 14.3. The summed E-state index contributed by atoms with van der Waals surface area (Å²) >= 11 is 1.44. The summed E-state index contributed by atoms with van der Waals surface area (Å²) in [6.45, 7) is 5.73. The van der Waals surface area contributed by atoms with Crippen molar-refractivity contribution in [1.82, 2.24) is 25.0 Å². The predicted molar refractivity (Wildman–Crippen MR) is 132 cm³/mol. The van der Waals surface area contributed by atoms with Crippen molar-refractivity contribution in [2.45, 2.75) is 42.6 Å². The SMILES string of the molecule is Cc1c(Sc2cc(F)c3[nH]ncc3c2)cc(C(=O)NCc2cccc(CN3CCCC3)c2)n1C. The van der Waals surface area contributed by atoms with Crippen molar-refractivity contribution >= 4 is 28.6 Å². The minimum Gasteiger partial charge on any atom is -0.347 e. The average molecular weight is 478 g/mol. The van der Waals surface area contributed by atoms with Crippen LogP contribution in [0, 0.1) is 12.7 Å². The molecule has 6 nitrogen and oxygen atoms in total. The van der Waals surface area contributed by atoms with Gasteiger partial charge in [0.05, 0.1) is 6.20 Å². The lowest BCUT2D eigenvalue weighted by atomic mass is 10.1. The van der Waals surface area contributed by atoms with Crippen LogP contribution in [0.2, 0.25) is 0 Å². The third kappa shape index (κ3) is 4.74. The zero-order chi connectivity index (χ0) is 23.7. The summed E-state index contributed by atoms with van der Waals surface area (Å²) in [6.07, 6.45) is 4.16. The Labute approximate surface area is 202 Å². The van der Waals surface area contributed by atoms with E-state index < -0.39 is 0 Å². The Bertz CT molecular complexity index is 1340. The highest BCUT2D eigenvalue weighted by Crippen LogP contribution is 2.34. The number of fused-ring (bicyclic) bond motifs is 1. The number of benzene rings is 2. The van der Waals surface area contributed by atoms with Crippen molar-refractivity contribution in [3.8, 4) is 0 Å². The smallest absolute Gasteiger partial charge is 0.268 e. The third-order valence-electron chi connectivity index (χ3n) is 6.47. The highest BCUT2D eigenvalue weighted by Gasteiger charge is 2.17. The van der Waals surface area contributed by atoms with Gasteiger partial charge in [0.25, 0.3) is 5.91 Å². The van der Waals surface area contributed by atoms with Crippen LogP contribution in [0.1, 0.15) is 40.2 Å². The molecule has 2 aromatic heterocycles. The van der Waals surface area contributed by atoms with E-state index in [1.54, 1.807) is 6.20 Å². The molecule has 34 heavy (non-hydrogen) atoms. The van der Waals surface area contributed by atoms with E-state index >= 15 is 0 Å². The molecule has 8 heteroatoms. The Hall–Kier alpha value is -3.10. The number of halogens is 1. The van der Waals surface area contributed by atoms with Crippen LogP contribution in [0.3, 0.4) is 0 Å². The third-order valence-corrected chi connectivity index (χ3v) is 7.58. The van der Waals surface area contributed by atoms with E-state index in [9.17, 15) is 9.18 Å². The Kier molecular flexibility index (Phi) is 6.43. The van der Waals surface area contributed by atoms with Crippen molar-refractivity contribution in [2.24, 2.45) is 7.05 Å². The molecule has 1 aliphatic heterocycles. The van der Waals surface area contributed by atoms with E-state index in [0.717, 1.165) is 46.1 Å². The molecule has 1 aliphatic rings. The lowest BCUT2D eigenvalue weighted by molar-refractivity contribution is 0.0942. The largest absolute Gasteiger partial charge is 0.347 e. The quantitative estimate of drug-likeness (QED) is 0.392. The molecule has 0 radical (unpaired) electrons. The fraction of sp³-hybridized carbons (Fsp3) is 0.308. The molecule has 0 bridgehead atoms. The van der Waals surface area contributed by atoms with Gasteiger partial charge in [-0.2, -0.15) is 5.10 Å². The van der Waals surface area contributed by atoms with Gasteiger partial charge < -0.3 is 9.88 Å². The molecule has 5 rings (SSSR count). The van der Waals surface area contributed by atoms with Crippen molar-refractivity contribution in [3.05, 3.63) is 77.0 Å². The van der Waals surface area contributed by atoms with Gasteiger partial charge in [-0.1, -0.05) is 36.0 Å². The molecule has 1 saturated heterocycles. The highest BCUT2D eigenvalue weighted by molar-refractivity contribution is 7.99. The van der Waals surface area contributed by atoms with Crippen LogP contribution in [-0.4, -0.2) is 38.7 Å². The molecule has 0 atom stereocenters. The second-order valence-electron chi connectivity index (χ2n) is 8.87. The van der Waals surface area contributed by atoms with Gasteiger partial charge >= 0.3 is 0 Å². The molecular formula is C26H28FN5OS. The summed E-state index contributed by atoms with van der Waals surface area (Å²) in [6, 6.07) is 13.7. The summed E-state index contributed by atoms with van der Waals surface area (Å²) in [5.74, 6) is -0.463. The van der Waals surface area contributed by atoms with Crippen LogP contribution in [0.5, 0.6) is 0 Å². The molecule has 176 valence electrons. The maximum Gasteiger partial charge on any atom is 0.268 e. The van der Waals surface area contributed by atoms with Crippen LogP contribution in [0.4, 0.5) is 4.39 Å². The summed E-state index contributed by atoms with van der Waals surface area (Å²) in [5.41, 5.74) is 4.31. The van der Waals surface area contributed by atoms with Gasteiger partial charge in [0.2, 0.25) is 0 Å². The molecule has 3 heterocycles. The summed E-state index contributed by atoms with van der Waals surface area (Å²) in [7, 11) is 1.88. The first kappa shape index (κ1) is 22.7. The first-order valence-corrected chi connectivity index (χ1v) is 12.3. The number of carbonyl (C=O) groups excluding carboxylic acids is 1. The Balaban J connectivity index is 1.27. The van der Waals surface area contributed by atoms with E-state index in [1.807, 2.05) is 36.7 Å². The zero-order valence-electron chi connectivity index (χ0n) is 19.4. The van der Waals surface area contributed by atoms with Crippen LogP contribution in [0.15, 0.2) is 58.5 Å². The number of aromatic amines is 1. The zero-order valence-corrected chi connectivity index (χ0v) is 20.2. The first-order chi connectivity index (χ1) is 16.5. The summed E-state index contributed by atoms with van der Waals surface area (Å²) in [4.78, 5) is 17.1. The van der Waals surface area contributed by atoms with E-state index in [1.165, 1.54) is 36.2 Å². The van der Waals surface area contributed by atoms with Crippen LogP contribution in [0.25, 0.3) is 10.9 Å². The number of carbonyl (C=O) groups is 1. The number of nitrogens with one attached hydrogen (secondary N) is 2. The fourth-order valence-electron chi connectivity index (χ4n) is 4.48. The van der Waals surface area contributed by atoms with Gasteiger partial charge in [-0.25, -0.2) is 4.39 Å². The Morgan fingerprint density at radius 3 is 2.79 bits per heavy atom. The van der Waals surface area contributed by atoms with Gasteiger partial charge in [0.15, 0.2) is 0 Å². The number of hydrogen-bond donors (Lipinski definition) is 2. The number of aromatic nitrogens is 3. The molecule has 0 unspecified atom stereocenters. The molecule has 4 aromatic rings. The molecule has 2 aromatic carbocycles. The number of H-pyrrole nitrogens is 1. The van der Waals surface area contributed by atoms with E-state index in [-0.39, 0.29) is 11.7 Å². The van der Waals surface area contributed by atoms with Crippen molar-refractivity contribution in [1.29, 1.82) is 0 Å². The van der Waals surface area contributed by atoms with Crippen LogP contribution >= 0.6 is 11.8 Å². The van der Waals surface area contributed by atoms with Gasteiger partial charge in [0.1, 0.15) is 17.0 Å². The Morgan fingerprint density at radius 2 is 1.97 bits per heavy atom. The van der Waals surface area contributed by atoms with E-state index in [0.29, 0.717) is 17.8 Å². The number of amides is 1. The number of rotatable bonds is 7. The number of likely N-dealkylation sites (tertiary alicyclic amines) is 1. The summed E-state index contributed by atoms with van der Waals surface area (Å²) < 4.78 is 16.2. The molecule has 1 amide bonds. The van der Waals surface area contributed by atoms with Crippen molar-refractivity contribution < 1.29 is 9.18 Å². The molecular weight excluding hydrogens is 449 g/mol. The molecule has 1 fully saturated rings. The van der Waals surface area contributed by atoms with Crippen molar-refractivity contribution in [2.75, 3.05) is 13.1 Å². The van der Waals surface area contributed by atoms with Gasteiger partial charge in [-0.15, -0.1) is 0 Å². The Morgan fingerprint density at radius 1 is 1.18 bits per heavy atom. The van der Waals surface area contributed by atoms with Gasteiger partial charge in [-0.3, -0.25) is 14.8 Å². The second-order valence-corrected chi connectivity index (χ2v) is 9.98. The van der Waals surface area contributed by atoms with Crippen molar-refractivity contribution in [3.63, 3.8) is 0 Å². The number of nitrogens with zero attached hydrogens (tertiary/aromatic N) is 3. The molecule has 0 aliphatic carbocycles. The average Bonchev–Trinajstić information content (AvgIpc) is 3.56.